The van der Waals surface area contributed by atoms with Crippen molar-refractivity contribution in [2.75, 3.05) is 33.6 Å². The molecule has 0 bridgehead atoms. The topological polar surface area (TPSA) is 30.5 Å². The number of hydrogen-bond donors (Lipinski definition) is 1. The van der Waals surface area contributed by atoms with Gasteiger partial charge in [-0.2, -0.15) is 0 Å². The predicted octanol–water partition coefficient (Wildman–Crippen LogP) is 1.38. The average Bonchev–Trinajstić information content (AvgIpc) is 2.64. The normalized spacial score (nSPS) is 21.3. The van der Waals surface area contributed by atoms with Crippen LogP contribution >= 0.6 is 0 Å². The quantitative estimate of drug-likeness (QED) is 0.748. The van der Waals surface area contributed by atoms with Crippen molar-refractivity contribution < 1.29 is 15.3 Å². The molecule has 2 heterocycles. The number of halogens is 1. The average molecular weight is 201 g/mol. The standard InChI is InChI=1S/C10H14FNO2.H2/c1-13-4-7-2-8-5-14-6-10(8)12-9(7)3-11;/h12H,2-6H2,1H3;1H. The van der Waals surface area contributed by atoms with Gasteiger partial charge in [-0.05, 0) is 17.6 Å². The number of ether oxygens (including phenoxy) is 2. The molecule has 2 aliphatic rings. The zero-order valence-corrected chi connectivity index (χ0v) is 8.23. The molecule has 0 aromatic rings. The summed E-state index contributed by atoms with van der Waals surface area (Å²) in [6, 6.07) is 0. The molecule has 0 saturated heterocycles. The Balaban J connectivity index is 0.00000112. The minimum absolute atomic E-state index is 0. The summed E-state index contributed by atoms with van der Waals surface area (Å²) in [7, 11) is 1.62. The number of rotatable bonds is 3. The first-order valence-corrected chi connectivity index (χ1v) is 4.66. The van der Waals surface area contributed by atoms with Gasteiger partial charge in [-0.25, -0.2) is 4.39 Å². The van der Waals surface area contributed by atoms with Gasteiger partial charge in [0.2, 0.25) is 0 Å². The van der Waals surface area contributed by atoms with Gasteiger partial charge < -0.3 is 14.8 Å². The van der Waals surface area contributed by atoms with E-state index in [0.29, 0.717) is 25.5 Å². The molecule has 0 radical (unpaired) electrons. The maximum Gasteiger partial charge on any atom is 0.129 e. The van der Waals surface area contributed by atoms with E-state index in [-0.39, 0.29) is 1.43 Å². The lowest BCUT2D eigenvalue weighted by atomic mass is 10.00. The molecule has 0 atom stereocenters. The Kier molecular flexibility index (Phi) is 2.84. The maximum atomic E-state index is 12.7. The molecule has 0 aromatic carbocycles. The molecule has 4 heteroatoms. The van der Waals surface area contributed by atoms with Gasteiger partial charge >= 0.3 is 0 Å². The Labute approximate surface area is 84.1 Å². The van der Waals surface area contributed by atoms with Crippen LogP contribution in [0.3, 0.4) is 0 Å². The summed E-state index contributed by atoms with van der Waals surface area (Å²) in [6.45, 7) is 1.27. The molecule has 80 valence electrons. The molecule has 3 nitrogen and oxygen atoms in total. The summed E-state index contributed by atoms with van der Waals surface area (Å²) in [4.78, 5) is 0. The minimum Gasteiger partial charge on any atom is -0.380 e. The van der Waals surface area contributed by atoms with Crippen LogP contribution < -0.4 is 5.32 Å². The molecule has 1 N–H and O–H groups in total. The first kappa shape index (κ1) is 9.68. The molecule has 0 spiro atoms. The fourth-order valence-corrected chi connectivity index (χ4v) is 1.82. The van der Waals surface area contributed by atoms with E-state index in [9.17, 15) is 4.39 Å². The molecule has 0 amide bonds. The van der Waals surface area contributed by atoms with Gasteiger partial charge in [0.1, 0.15) is 6.67 Å². The highest BCUT2D eigenvalue weighted by Crippen LogP contribution is 2.27. The first-order valence-electron chi connectivity index (χ1n) is 4.66. The van der Waals surface area contributed by atoms with Crippen LogP contribution in [-0.2, 0) is 9.47 Å². The number of dihydropyridines is 1. The van der Waals surface area contributed by atoms with Crippen LogP contribution in [0.25, 0.3) is 0 Å². The lowest BCUT2D eigenvalue weighted by molar-refractivity contribution is 0.201. The highest BCUT2D eigenvalue weighted by Gasteiger charge is 2.23. The summed E-state index contributed by atoms with van der Waals surface area (Å²) >= 11 is 0. The molecular formula is C10H16FNO2. The van der Waals surface area contributed by atoms with Gasteiger partial charge in [0.25, 0.3) is 0 Å². The van der Waals surface area contributed by atoms with E-state index in [1.54, 1.807) is 7.11 Å². The van der Waals surface area contributed by atoms with Crippen LogP contribution in [0.5, 0.6) is 0 Å². The van der Waals surface area contributed by atoms with E-state index < -0.39 is 6.67 Å². The Morgan fingerprint density at radius 3 is 3.14 bits per heavy atom. The van der Waals surface area contributed by atoms with Crippen molar-refractivity contribution in [1.29, 1.82) is 0 Å². The molecule has 0 aliphatic carbocycles. The second kappa shape index (κ2) is 4.11. The van der Waals surface area contributed by atoms with Crippen molar-refractivity contribution in [1.82, 2.24) is 5.32 Å². The molecule has 0 fully saturated rings. The van der Waals surface area contributed by atoms with Crippen LogP contribution in [0, 0.1) is 0 Å². The van der Waals surface area contributed by atoms with Crippen molar-refractivity contribution in [2.45, 2.75) is 6.42 Å². The highest BCUT2D eigenvalue weighted by atomic mass is 19.1. The van der Waals surface area contributed by atoms with Crippen LogP contribution in [0.4, 0.5) is 4.39 Å². The van der Waals surface area contributed by atoms with Crippen LogP contribution in [0.2, 0.25) is 0 Å². The fraction of sp³-hybridized carbons (Fsp3) is 0.600. The molecule has 2 aliphatic heterocycles. The SMILES string of the molecule is COCC1=C(CF)NC2=C(COC2)C1.[HH]. The zero-order valence-electron chi connectivity index (χ0n) is 8.23. The van der Waals surface area contributed by atoms with Crippen LogP contribution in [0.15, 0.2) is 22.5 Å². The number of allylic oxidation sites excluding steroid dienone is 1. The van der Waals surface area contributed by atoms with Gasteiger partial charge in [0, 0.05) is 19.9 Å². The predicted molar refractivity (Wildman–Crippen MR) is 52.6 cm³/mol. The number of methoxy groups -OCH3 is 1. The van der Waals surface area contributed by atoms with Crippen molar-refractivity contribution in [3.8, 4) is 0 Å². The van der Waals surface area contributed by atoms with Crippen molar-refractivity contribution >= 4 is 0 Å². The second-order valence-corrected chi connectivity index (χ2v) is 3.53. The molecular weight excluding hydrogens is 185 g/mol. The third-order valence-electron chi connectivity index (χ3n) is 2.56. The number of hydrogen-bond acceptors (Lipinski definition) is 3. The lowest BCUT2D eigenvalue weighted by Gasteiger charge is -2.21. The number of alkyl halides is 1. The van der Waals surface area contributed by atoms with Crippen molar-refractivity contribution in [2.24, 2.45) is 0 Å². The van der Waals surface area contributed by atoms with E-state index in [1.807, 2.05) is 0 Å². The Bertz CT molecular complexity index is 302. The third kappa shape index (κ3) is 1.67. The lowest BCUT2D eigenvalue weighted by Crippen LogP contribution is -2.24. The van der Waals surface area contributed by atoms with Gasteiger partial charge in [0.05, 0.1) is 19.8 Å². The molecule has 0 saturated carbocycles. The number of nitrogens with one attached hydrogen (secondary N) is 1. The molecule has 0 unspecified atom stereocenters. The zero-order chi connectivity index (χ0) is 9.97. The Morgan fingerprint density at radius 1 is 1.57 bits per heavy atom. The van der Waals surface area contributed by atoms with E-state index >= 15 is 0 Å². The smallest absolute Gasteiger partial charge is 0.129 e. The molecule has 14 heavy (non-hydrogen) atoms. The van der Waals surface area contributed by atoms with Crippen LogP contribution in [0.1, 0.15) is 7.85 Å². The van der Waals surface area contributed by atoms with Crippen molar-refractivity contribution in [3.05, 3.63) is 22.5 Å². The van der Waals surface area contributed by atoms with E-state index in [1.165, 1.54) is 5.57 Å². The summed E-state index contributed by atoms with van der Waals surface area (Å²) in [6.07, 6.45) is 0.787. The second-order valence-electron chi connectivity index (χ2n) is 3.53. The Morgan fingerprint density at radius 2 is 2.43 bits per heavy atom. The summed E-state index contributed by atoms with van der Waals surface area (Å²) < 4.78 is 23.0. The summed E-state index contributed by atoms with van der Waals surface area (Å²) in [5.41, 5.74) is 3.92. The van der Waals surface area contributed by atoms with Gasteiger partial charge in [0.15, 0.2) is 0 Å². The van der Waals surface area contributed by atoms with Gasteiger partial charge in [-0.3, -0.25) is 0 Å². The van der Waals surface area contributed by atoms with Gasteiger partial charge in [-0.15, -0.1) is 0 Å². The summed E-state index contributed by atoms with van der Waals surface area (Å²) in [5, 5.41) is 3.08. The molecule has 0 aromatic heterocycles. The minimum atomic E-state index is -0.463. The van der Waals surface area contributed by atoms with E-state index in [4.69, 9.17) is 9.47 Å². The molecule has 2 rings (SSSR count). The first-order chi connectivity index (χ1) is 6.85. The maximum absolute atomic E-state index is 12.7. The van der Waals surface area contributed by atoms with Crippen molar-refractivity contribution in [3.63, 3.8) is 0 Å². The fourth-order valence-electron chi connectivity index (χ4n) is 1.82. The largest absolute Gasteiger partial charge is 0.380 e. The third-order valence-corrected chi connectivity index (χ3v) is 2.56. The monoisotopic (exact) mass is 201 g/mol. The van der Waals surface area contributed by atoms with Crippen LogP contribution in [-0.4, -0.2) is 33.6 Å². The van der Waals surface area contributed by atoms with E-state index in [2.05, 4.69) is 5.32 Å². The van der Waals surface area contributed by atoms with E-state index in [0.717, 1.165) is 17.7 Å². The highest BCUT2D eigenvalue weighted by molar-refractivity contribution is 5.35. The van der Waals surface area contributed by atoms with Gasteiger partial charge in [-0.1, -0.05) is 0 Å². The Hall–Kier alpha value is -0.870. The summed E-state index contributed by atoms with van der Waals surface area (Å²) in [5.74, 6) is 0.